The summed E-state index contributed by atoms with van der Waals surface area (Å²) in [7, 11) is -7.44. The van der Waals surface area contributed by atoms with Crippen molar-refractivity contribution in [2.45, 2.75) is 34.6 Å². The molecule has 0 N–H and O–H groups in total. The van der Waals surface area contributed by atoms with Crippen molar-refractivity contribution in [3.05, 3.63) is 23.8 Å². The first-order valence-electron chi connectivity index (χ1n) is 7.93. The molecular weight excluding hydrogens is 354 g/mol. The van der Waals surface area contributed by atoms with E-state index in [1.165, 1.54) is 0 Å². The predicted octanol–water partition coefficient (Wildman–Crippen LogP) is 4.45. The number of rotatable bonds is 11. The van der Waals surface area contributed by atoms with Gasteiger partial charge in [0.1, 0.15) is 11.1 Å². The van der Waals surface area contributed by atoms with Gasteiger partial charge in [0.25, 0.3) is 0 Å². The summed E-state index contributed by atoms with van der Waals surface area (Å²) in [5, 5.41) is 0.200. The van der Waals surface area contributed by atoms with Crippen LogP contribution in [-0.4, -0.2) is 26.4 Å². The van der Waals surface area contributed by atoms with Gasteiger partial charge in [-0.2, -0.15) is 0 Å². The molecule has 0 amide bonds. The van der Waals surface area contributed by atoms with Crippen molar-refractivity contribution in [3.63, 3.8) is 0 Å². The number of aryl methyl sites for hydroxylation is 1. The summed E-state index contributed by atoms with van der Waals surface area (Å²) in [6, 6.07) is 4.92. The van der Waals surface area contributed by atoms with E-state index in [-0.39, 0.29) is 37.5 Å². The topological polar surface area (TPSA) is 80.3 Å². The third kappa shape index (κ3) is 5.69. The van der Waals surface area contributed by atoms with Gasteiger partial charge in [0.2, 0.25) is 0 Å². The van der Waals surface area contributed by atoms with Gasteiger partial charge in [-0.05, 0) is 52.3 Å². The first kappa shape index (κ1) is 21.4. The summed E-state index contributed by atoms with van der Waals surface area (Å²) >= 11 is 0. The molecule has 0 aliphatic carbocycles. The Morgan fingerprint density at radius 2 is 1.33 bits per heavy atom. The lowest BCUT2D eigenvalue weighted by Crippen LogP contribution is -2.15. The summed E-state index contributed by atoms with van der Waals surface area (Å²) in [6.07, 6.45) is 0. The van der Waals surface area contributed by atoms with Crippen molar-refractivity contribution in [3.8, 4) is 5.75 Å². The molecule has 0 bridgehead atoms. The molecule has 0 saturated carbocycles. The van der Waals surface area contributed by atoms with Crippen LogP contribution in [0.4, 0.5) is 0 Å². The van der Waals surface area contributed by atoms with Gasteiger partial charge in [-0.25, -0.2) is 4.57 Å². The average Bonchev–Trinajstić information content (AvgIpc) is 2.50. The van der Waals surface area contributed by atoms with Crippen molar-refractivity contribution < 1.29 is 31.7 Å². The fourth-order valence-corrected chi connectivity index (χ4v) is 5.03. The van der Waals surface area contributed by atoms with E-state index in [2.05, 4.69) is 0 Å². The Morgan fingerprint density at radius 1 is 0.833 bits per heavy atom. The summed E-state index contributed by atoms with van der Waals surface area (Å²) in [5.74, 6) is 0.0936. The van der Waals surface area contributed by atoms with Gasteiger partial charge in [-0.1, -0.05) is 6.07 Å². The lowest BCUT2D eigenvalue weighted by Gasteiger charge is -2.23. The third-order valence-electron chi connectivity index (χ3n) is 2.79. The highest BCUT2D eigenvalue weighted by atomic mass is 31.2. The molecule has 0 fully saturated rings. The molecular formula is C15H26O7P2. The van der Waals surface area contributed by atoms with Crippen LogP contribution in [0.1, 0.15) is 33.3 Å². The van der Waals surface area contributed by atoms with Gasteiger partial charge in [0.05, 0.1) is 26.4 Å². The van der Waals surface area contributed by atoms with E-state index in [1.54, 1.807) is 45.9 Å². The minimum absolute atomic E-state index is 0.0936. The lowest BCUT2D eigenvalue weighted by molar-refractivity contribution is 0.167. The molecule has 1 rings (SSSR count). The van der Waals surface area contributed by atoms with Crippen LogP contribution in [-0.2, 0) is 27.2 Å². The largest absolute Gasteiger partial charge is 0.530 e. The van der Waals surface area contributed by atoms with Crippen LogP contribution in [0.15, 0.2) is 18.2 Å². The highest BCUT2D eigenvalue weighted by molar-refractivity contribution is 7.62. The van der Waals surface area contributed by atoms with Crippen molar-refractivity contribution >= 4 is 20.7 Å². The van der Waals surface area contributed by atoms with E-state index < -0.39 is 15.4 Å². The van der Waals surface area contributed by atoms with Gasteiger partial charge in [0.15, 0.2) is 0 Å². The second kappa shape index (κ2) is 9.71. The minimum atomic E-state index is -3.82. The van der Waals surface area contributed by atoms with Crippen LogP contribution in [0.5, 0.6) is 5.75 Å². The molecule has 24 heavy (non-hydrogen) atoms. The summed E-state index contributed by atoms with van der Waals surface area (Å²) in [4.78, 5) is 0. The Bertz CT molecular complexity index is 598. The van der Waals surface area contributed by atoms with E-state index in [1.807, 2.05) is 6.92 Å². The first-order valence-corrected chi connectivity index (χ1v) is 10.9. The van der Waals surface area contributed by atoms with E-state index >= 15 is 0 Å². The van der Waals surface area contributed by atoms with Gasteiger partial charge < -0.3 is 13.6 Å². The molecule has 0 aliphatic rings. The number of phosphoric ester groups is 1. The quantitative estimate of drug-likeness (QED) is 0.525. The van der Waals surface area contributed by atoms with Crippen LogP contribution < -0.4 is 9.83 Å². The molecule has 0 atom stereocenters. The number of phosphoric acid groups is 1. The Morgan fingerprint density at radius 3 is 1.79 bits per heavy atom. The number of hydrogen-bond donors (Lipinski definition) is 0. The summed E-state index contributed by atoms with van der Waals surface area (Å²) < 4.78 is 52.2. The highest BCUT2D eigenvalue weighted by Crippen LogP contribution is 2.54. The maximum Gasteiger partial charge on any atom is 0.530 e. The lowest BCUT2D eigenvalue weighted by atomic mass is 10.2. The van der Waals surface area contributed by atoms with E-state index in [4.69, 9.17) is 22.6 Å². The minimum Gasteiger partial charge on any atom is -0.403 e. The molecule has 0 aliphatic heterocycles. The van der Waals surface area contributed by atoms with E-state index in [9.17, 15) is 9.13 Å². The SMILES string of the molecule is CCOP(=O)(OCC)Oc1ccc(C)cc1P(=O)(OCC)OCC. The molecule has 9 heteroatoms. The second-order valence-corrected chi connectivity index (χ2v) is 8.26. The monoisotopic (exact) mass is 380 g/mol. The standard InChI is InChI=1S/C15H26O7P2/c1-6-18-23(16,19-7-2)15-12-13(5)10-11-14(15)22-24(17,20-8-3)21-9-4/h10-12H,6-9H2,1-5H3. The van der Waals surface area contributed by atoms with Crippen LogP contribution in [0.2, 0.25) is 0 Å². The molecule has 0 spiro atoms. The van der Waals surface area contributed by atoms with Crippen LogP contribution in [0.25, 0.3) is 0 Å². The Hall–Kier alpha value is -0.680. The fraction of sp³-hybridized carbons (Fsp3) is 0.600. The summed E-state index contributed by atoms with van der Waals surface area (Å²) in [5.41, 5.74) is 0.833. The number of benzene rings is 1. The smallest absolute Gasteiger partial charge is 0.403 e. The van der Waals surface area contributed by atoms with Crippen LogP contribution >= 0.6 is 15.4 Å². The van der Waals surface area contributed by atoms with Crippen molar-refractivity contribution in [2.75, 3.05) is 26.4 Å². The second-order valence-electron chi connectivity index (χ2n) is 4.68. The summed E-state index contributed by atoms with van der Waals surface area (Å²) in [6.45, 7) is 9.30. The molecule has 1 aromatic carbocycles. The molecule has 7 nitrogen and oxygen atoms in total. The Labute approximate surface area is 143 Å². The van der Waals surface area contributed by atoms with Crippen molar-refractivity contribution in [2.24, 2.45) is 0 Å². The maximum absolute atomic E-state index is 13.1. The maximum atomic E-state index is 13.1. The van der Waals surface area contributed by atoms with Gasteiger partial charge in [-0.3, -0.25) is 13.6 Å². The van der Waals surface area contributed by atoms with E-state index in [0.29, 0.717) is 0 Å². The van der Waals surface area contributed by atoms with Crippen molar-refractivity contribution in [1.82, 2.24) is 0 Å². The Balaban J connectivity index is 3.34. The normalized spacial score (nSPS) is 12.4. The zero-order chi connectivity index (χ0) is 18.2. The fourth-order valence-electron chi connectivity index (χ4n) is 1.96. The molecule has 0 radical (unpaired) electrons. The van der Waals surface area contributed by atoms with Crippen LogP contribution in [0, 0.1) is 6.92 Å². The Kier molecular flexibility index (Phi) is 8.65. The molecule has 0 heterocycles. The van der Waals surface area contributed by atoms with E-state index in [0.717, 1.165) is 5.56 Å². The molecule has 0 saturated heterocycles. The molecule has 0 unspecified atom stereocenters. The average molecular weight is 380 g/mol. The predicted molar refractivity (Wildman–Crippen MR) is 93.2 cm³/mol. The van der Waals surface area contributed by atoms with Gasteiger partial charge in [0, 0.05) is 0 Å². The van der Waals surface area contributed by atoms with Crippen molar-refractivity contribution in [1.29, 1.82) is 0 Å². The zero-order valence-electron chi connectivity index (χ0n) is 14.8. The van der Waals surface area contributed by atoms with Gasteiger partial charge in [-0.15, -0.1) is 0 Å². The first-order chi connectivity index (χ1) is 11.3. The third-order valence-corrected chi connectivity index (χ3v) is 6.50. The number of hydrogen-bond acceptors (Lipinski definition) is 7. The molecule has 1 aromatic rings. The molecule has 0 aromatic heterocycles. The zero-order valence-corrected chi connectivity index (χ0v) is 16.6. The highest BCUT2D eigenvalue weighted by Gasteiger charge is 2.35. The van der Waals surface area contributed by atoms with Crippen LogP contribution in [0.3, 0.4) is 0 Å². The van der Waals surface area contributed by atoms with Gasteiger partial charge >= 0.3 is 15.4 Å². The molecule has 138 valence electrons.